The van der Waals surface area contributed by atoms with Crippen LogP contribution in [0.3, 0.4) is 0 Å². The van der Waals surface area contributed by atoms with Crippen molar-refractivity contribution in [1.29, 1.82) is 5.26 Å². The first kappa shape index (κ1) is 25.6. The smallest absolute Gasteiger partial charge is 0.248 e. The Hall–Kier alpha value is -4.45. The van der Waals surface area contributed by atoms with Crippen LogP contribution in [-0.2, 0) is 11.4 Å². The van der Waals surface area contributed by atoms with Gasteiger partial charge in [-0.25, -0.2) is 0 Å². The van der Waals surface area contributed by atoms with E-state index < -0.39 is 0 Å². The van der Waals surface area contributed by atoms with Gasteiger partial charge in [0.2, 0.25) is 5.91 Å². The molecule has 2 heterocycles. The molecule has 0 aliphatic carbocycles. The highest BCUT2D eigenvalue weighted by molar-refractivity contribution is 6.32. The molecule has 1 amide bonds. The molecule has 0 bridgehead atoms. The van der Waals surface area contributed by atoms with Crippen LogP contribution in [0.25, 0.3) is 10.9 Å². The molecule has 37 heavy (non-hydrogen) atoms. The number of rotatable bonds is 9. The molecule has 2 aromatic heterocycles. The first-order chi connectivity index (χ1) is 17.9. The number of nitriles is 1. The second-order valence-electron chi connectivity index (χ2n) is 8.42. The summed E-state index contributed by atoms with van der Waals surface area (Å²) in [6.07, 6.45) is 6.50. The van der Waals surface area contributed by atoms with Gasteiger partial charge in [-0.3, -0.25) is 14.8 Å². The quantitative estimate of drug-likeness (QED) is 0.284. The number of benzene rings is 2. The van der Waals surface area contributed by atoms with Crippen molar-refractivity contribution in [2.45, 2.75) is 6.61 Å². The lowest BCUT2D eigenvalue weighted by atomic mass is 10.1. The van der Waals surface area contributed by atoms with Gasteiger partial charge >= 0.3 is 0 Å². The Balaban J connectivity index is 1.56. The number of hydrogen-bond donors (Lipinski definition) is 2. The average Bonchev–Trinajstić information content (AvgIpc) is 2.89. The summed E-state index contributed by atoms with van der Waals surface area (Å²) in [7, 11) is 3.85. The molecule has 0 fully saturated rings. The zero-order chi connectivity index (χ0) is 26.2. The Morgan fingerprint density at radius 1 is 1.14 bits per heavy atom. The Bertz CT molecular complexity index is 1480. The van der Waals surface area contributed by atoms with Crippen LogP contribution in [0.4, 0.5) is 17.1 Å². The summed E-state index contributed by atoms with van der Waals surface area (Å²) in [6.45, 7) is 0.948. The van der Waals surface area contributed by atoms with Crippen molar-refractivity contribution in [2.75, 3.05) is 31.3 Å². The third kappa shape index (κ3) is 6.82. The molecule has 8 nitrogen and oxygen atoms in total. The SMILES string of the molecule is CN(C)C/C=C/C(=O)Nc1ccc2ncc(C#N)c(Nc3ccc(OCc4ccccn4)c(Cl)c3)c2c1. The van der Waals surface area contributed by atoms with E-state index in [0.717, 1.165) is 5.69 Å². The first-order valence-corrected chi connectivity index (χ1v) is 11.8. The lowest BCUT2D eigenvalue weighted by molar-refractivity contribution is -0.111. The number of carbonyl (C=O) groups excluding carboxylic acids is 1. The van der Waals surface area contributed by atoms with Crippen molar-refractivity contribution >= 4 is 45.5 Å². The molecule has 0 saturated heterocycles. The number of aromatic nitrogens is 2. The third-order valence-corrected chi connectivity index (χ3v) is 5.59. The fourth-order valence-corrected chi connectivity index (χ4v) is 3.75. The molecule has 0 radical (unpaired) electrons. The van der Waals surface area contributed by atoms with Gasteiger partial charge in [0, 0.05) is 41.8 Å². The van der Waals surface area contributed by atoms with E-state index in [4.69, 9.17) is 16.3 Å². The van der Waals surface area contributed by atoms with Crippen molar-refractivity contribution in [3.63, 3.8) is 0 Å². The zero-order valence-electron chi connectivity index (χ0n) is 20.4. The highest BCUT2D eigenvalue weighted by Crippen LogP contribution is 2.34. The van der Waals surface area contributed by atoms with Gasteiger partial charge < -0.3 is 20.3 Å². The number of nitrogens with one attached hydrogen (secondary N) is 2. The normalized spacial score (nSPS) is 11.0. The summed E-state index contributed by atoms with van der Waals surface area (Å²) in [5.74, 6) is 0.276. The number of nitrogens with zero attached hydrogens (tertiary/aromatic N) is 4. The van der Waals surface area contributed by atoms with Crippen LogP contribution in [-0.4, -0.2) is 41.4 Å². The second-order valence-corrected chi connectivity index (χ2v) is 8.83. The number of fused-ring (bicyclic) bond motifs is 1. The number of amides is 1. The van der Waals surface area contributed by atoms with Crippen LogP contribution in [0.1, 0.15) is 11.3 Å². The standard InChI is InChI=1S/C28H25ClN6O2/c1-35(2)13-5-7-27(36)33-20-8-10-25-23(14-20)28(19(16-30)17-32-25)34-21-9-11-26(24(29)15-21)37-18-22-6-3-4-12-31-22/h3-12,14-15,17H,13,18H2,1-2H3,(H,32,34)(H,33,36)/b7-5+. The Morgan fingerprint density at radius 3 is 2.70 bits per heavy atom. The maximum Gasteiger partial charge on any atom is 0.248 e. The first-order valence-electron chi connectivity index (χ1n) is 11.5. The fraction of sp³-hybridized carbons (Fsp3) is 0.143. The number of anilines is 3. The van der Waals surface area contributed by atoms with Crippen molar-refractivity contribution in [3.8, 4) is 11.8 Å². The van der Waals surface area contributed by atoms with E-state index in [9.17, 15) is 10.1 Å². The molecule has 9 heteroatoms. The minimum absolute atomic E-state index is 0.242. The van der Waals surface area contributed by atoms with E-state index in [1.165, 1.54) is 12.3 Å². The Labute approximate surface area is 220 Å². The lowest BCUT2D eigenvalue weighted by Crippen LogP contribution is -2.12. The summed E-state index contributed by atoms with van der Waals surface area (Å²) >= 11 is 6.48. The van der Waals surface area contributed by atoms with E-state index in [0.29, 0.717) is 57.5 Å². The third-order valence-electron chi connectivity index (χ3n) is 5.30. The predicted molar refractivity (Wildman–Crippen MR) is 146 cm³/mol. The number of likely N-dealkylation sites (N-methyl/N-ethyl adjacent to an activating group) is 1. The van der Waals surface area contributed by atoms with Crippen molar-refractivity contribution in [2.24, 2.45) is 0 Å². The van der Waals surface area contributed by atoms with Crippen LogP contribution in [0.5, 0.6) is 5.75 Å². The largest absolute Gasteiger partial charge is 0.486 e. The van der Waals surface area contributed by atoms with Crippen LogP contribution in [0.2, 0.25) is 5.02 Å². The van der Waals surface area contributed by atoms with Gasteiger partial charge in [-0.05, 0) is 62.6 Å². The molecule has 0 saturated carbocycles. The van der Waals surface area contributed by atoms with Crippen LogP contribution < -0.4 is 15.4 Å². The topological polar surface area (TPSA) is 103 Å². The van der Waals surface area contributed by atoms with Crippen LogP contribution >= 0.6 is 11.6 Å². The van der Waals surface area contributed by atoms with Crippen LogP contribution in [0, 0.1) is 11.3 Å². The molecule has 4 aromatic rings. The second kappa shape index (κ2) is 12.0. The van der Waals surface area contributed by atoms with E-state index >= 15 is 0 Å². The number of hydrogen-bond acceptors (Lipinski definition) is 7. The van der Waals surface area contributed by atoms with Gasteiger partial charge in [-0.1, -0.05) is 23.7 Å². The number of ether oxygens (including phenoxy) is 1. The van der Waals surface area contributed by atoms with E-state index in [-0.39, 0.29) is 5.91 Å². The van der Waals surface area contributed by atoms with Gasteiger partial charge in [0.25, 0.3) is 0 Å². The van der Waals surface area contributed by atoms with E-state index in [1.54, 1.807) is 42.6 Å². The molecule has 186 valence electrons. The summed E-state index contributed by atoms with van der Waals surface area (Å²) in [4.78, 5) is 22.9. The predicted octanol–water partition coefficient (Wildman–Crippen LogP) is 5.53. The van der Waals surface area contributed by atoms with Crippen LogP contribution in [0.15, 0.2) is 79.1 Å². The minimum atomic E-state index is -0.242. The monoisotopic (exact) mass is 512 g/mol. The number of halogens is 1. The van der Waals surface area contributed by atoms with Crippen molar-refractivity contribution < 1.29 is 9.53 Å². The van der Waals surface area contributed by atoms with Gasteiger partial charge in [0.15, 0.2) is 0 Å². The molecule has 2 aromatic carbocycles. The summed E-state index contributed by atoms with van der Waals surface area (Å²) in [6, 6.07) is 18.4. The Kier molecular flexibility index (Phi) is 8.31. The molecule has 0 atom stereocenters. The molecule has 0 aliphatic heterocycles. The van der Waals surface area contributed by atoms with Gasteiger partial charge in [0.1, 0.15) is 18.4 Å². The maximum atomic E-state index is 12.3. The van der Waals surface area contributed by atoms with Crippen molar-refractivity contribution in [3.05, 3.63) is 95.4 Å². The summed E-state index contributed by atoms with van der Waals surface area (Å²) < 4.78 is 5.80. The molecule has 0 unspecified atom stereocenters. The molecule has 4 rings (SSSR count). The molecule has 0 spiro atoms. The highest BCUT2D eigenvalue weighted by Gasteiger charge is 2.12. The number of carbonyl (C=O) groups is 1. The van der Waals surface area contributed by atoms with Crippen molar-refractivity contribution in [1.82, 2.24) is 14.9 Å². The Morgan fingerprint density at radius 2 is 1.97 bits per heavy atom. The van der Waals surface area contributed by atoms with Gasteiger partial charge in [-0.2, -0.15) is 5.26 Å². The lowest BCUT2D eigenvalue weighted by Gasteiger charge is -2.14. The summed E-state index contributed by atoms with van der Waals surface area (Å²) in [5.41, 5.74) is 3.63. The zero-order valence-corrected chi connectivity index (χ0v) is 21.2. The van der Waals surface area contributed by atoms with Gasteiger partial charge in [-0.15, -0.1) is 0 Å². The minimum Gasteiger partial charge on any atom is -0.486 e. The summed E-state index contributed by atoms with van der Waals surface area (Å²) in [5, 5.41) is 17.0. The maximum absolute atomic E-state index is 12.3. The highest BCUT2D eigenvalue weighted by atomic mass is 35.5. The van der Waals surface area contributed by atoms with E-state index in [1.807, 2.05) is 43.3 Å². The molecule has 2 N–H and O–H groups in total. The van der Waals surface area contributed by atoms with Gasteiger partial charge in [0.05, 0.1) is 27.5 Å². The van der Waals surface area contributed by atoms with E-state index in [2.05, 4.69) is 26.7 Å². The fourth-order valence-electron chi connectivity index (χ4n) is 3.52. The molecular formula is C28H25ClN6O2. The molecular weight excluding hydrogens is 488 g/mol. The molecule has 0 aliphatic rings. The number of pyridine rings is 2. The average molecular weight is 513 g/mol.